The fourth-order valence-electron chi connectivity index (χ4n) is 9.29. The number of ether oxygens (including phenoxy) is 1. The van der Waals surface area contributed by atoms with Gasteiger partial charge in [0.15, 0.2) is 0 Å². The molecule has 2 aromatic heterocycles. The number of aryl methyl sites for hydroxylation is 3. The smallest absolute Gasteiger partial charge is 0.137 e. The van der Waals surface area contributed by atoms with Crippen LogP contribution in [0.1, 0.15) is 95.7 Å². The molecule has 0 unspecified atom stereocenters. The van der Waals surface area contributed by atoms with Crippen LogP contribution in [0.15, 0.2) is 134 Å². The quantitative estimate of drug-likeness (QED) is 0.167. The lowest BCUT2D eigenvalue weighted by Crippen LogP contribution is -2.24. The number of para-hydroxylation sites is 1. The average Bonchev–Trinajstić information content (AvgIpc) is 3.75. The van der Waals surface area contributed by atoms with Gasteiger partial charge in [0, 0.05) is 40.5 Å². The molecule has 62 heavy (non-hydrogen) atoms. The molecule has 0 saturated heterocycles. The molecule has 1 aliphatic rings. The number of hydrogen-bond acceptors (Lipinski definition) is 4. The fraction of sp³-hybridized carbons (Fsp3) is 0.281. The minimum Gasteiger partial charge on any atom is -0.457 e. The summed E-state index contributed by atoms with van der Waals surface area (Å²) in [5, 5.41) is 2.35. The van der Waals surface area contributed by atoms with Gasteiger partial charge < -0.3 is 14.5 Å². The summed E-state index contributed by atoms with van der Waals surface area (Å²) in [6.45, 7) is 27.8. The molecule has 3 heterocycles. The molecular formula is C57H60N4O. The number of fused-ring (bicyclic) bond motifs is 4. The zero-order valence-electron chi connectivity index (χ0n) is 38.6. The van der Waals surface area contributed by atoms with Crippen molar-refractivity contribution in [3.05, 3.63) is 167 Å². The molecule has 5 nitrogen and oxygen atoms in total. The van der Waals surface area contributed by atoms with Crippen LogP contribution in [0.5, 0.6) is 11.5 Å². The Morgan fingerprint density at radius 3 is 1.89 bits per heavy atom. The Labute approximate surface area is 368 Å². The molecule has 0 saturated carbocycles. The minimum absolute atomic E-state index is 0.0146. The Morgan fingerprint density at radius 1 is 0.500 bits per heavy atom. The van der Waals surface area contributed by atoms with Crippen LogP contribution in [0.2, 0.25) is 0 Å². The van der Waals surface area contributed by atoms with E-state index < -0.39 is 0 Å². The predicted molar refractivity (Wildman–Crippen MR) is 263 cm³/mol. The van der Waals surface area contributed by atoms with Crippen LogP contribution in [0.4, 0.5) is 22.7 Å². The zero-order valence-corrected chi connectivity index (χ0v) is 38.6. The molecule has 0 bridgehead atoms. The van der Waals surface area contributed by atoms with E-state index in [-0.39, 0.29) is 16.2 Å². The first-order valence-corrected chi connectivity index (χ1v) is 22.0. The van der Waals surface area contributed by atoms with Crippen LogP contribution < -0.4 is 14.5 Å². The summed E-state index contributed by atoms with van der Waals surface area (Å²) < 4.78 is 9.36. The number of hydrogen-bond donors (Lipinski definition) is 0. The second kappa shape index (κ2) is 14.9. The highest BCUT2D eigenvalue weighted by Crippen LogP contribution is 2.48. The van der Waals surface area contributed by atoms with Crippen molar-refractivity contribution in [3.63, 3.8) is 0 Å². The van der Waals surface area contributed by atoms with Crippen molar-refractivity contribution in [2.45, 2.75) is 99.3 Å². The van der Waals surface area contributed by atoms with Crippen LogP contribution in [0.3, 0.4) is 0 Å². The predicted octanol–water partition coefficient (Wildman–Crippen LogP) is 15.7. The molecule has 5 heteroatoms. The Morgan fingerprint density at radius 2 is 1.16 bits per heavy atom. The third kappa shape index (κ3) is 7.52. The molecule has 0 N–H and O–H groups in total. The van der Waals surface area contributed by atoms with Crippen LogP contribution in [0, 0.1) is 20.8 Å². The van der Waals surface area contributed by atoms with E-state index in [0.717, 1.165) is 45.0 Å². The van der Waals surface area contributed by atoms with Gasteiger partial charge in [-0.1, -0.05) is 116 Å². The number of rotatable bonds is 6. The van der Waals surface area contributed by atoms with Crippen LogP contribution in [0.25, 0.3) is 38.8 Å². The summed E-state index contributed by atoms with van der Waals surface area (Å²) in [7, 11) is 0. The van der Waals surface area contributed by atoms with Gasteiger partial charge in [-0.3, -0.25) is 4.57 Å². The second-order valence-corrected chi connectivity index (χ2v) is 20.5. The lowest BCUT2D eigenvalue weighted by atomic mass is 9.86. The van der Waals surface area contributed by atoms with Gasteiger partial charge in [0.05, 0.1) is 22.4 Å². The standard InChI is InChI=1S/C57H60N4O/c1-36-26-37(2)54(38(3)27-36)39-28-44(60-35-59(43-17-15-16-40(30-43)55(4,5)6)50-23-20-41(31-52(50)60)56(7,8)9)33-46(29-39)62-45-21-22-48-47-18-13-14-19-49(47)61(51(48)34-45)53-32-42(24-25-58-53)57(10,11)12/h13-34H,35H2,1-12H3. The maximum atomic E-state index is 7.07. The Bertz CT molecular complexity index is 3000. The normalized spacial score (nSPS) is 13.4. The van der Waals surface area contributed by atoms with E-state index in [4.69, 9.17) is 9.72 Å². The highest BCUT2D eigenvalue weighted by molar-refractivity contribution is 6.09. The van der Waals surface area contributed by atoms with E-state index in [2.05, 4.69) is 225 Å². The topological polar surface area (TPSA) is 33.5 Å². The van der Waals surface area contributed by atoms with E-state index >= 15 is 0 Å². The third-order valence-electron chi connectivity index (χ3n) is 12.6. The highest BCUT2D eigenvalue weighted by Gasteiger charge is 2.31. The Hall–Kier alpha value is -6.33. The van der Waals surface area contributed by atoms with E-state index in [9.17, 15) is 0 Å². The molecule has 0 amide bonds. The van der Waals surface area contributed by atoms with Crippen LogP contribution in [-0.4, -0.2) is 16.2 Å². The van der Waals surface area contributed by atoms with Gasteiger partial charge in [-0.25, -0.2) is 4.98 Å². The van der Waals surface area contributed by atoms with Crippen molar-refractivity contribution in [2.24, 2.45) is 0 Å². The molecule has 0 spiro atoms. The molecule has 0 radical (unpaired) electrons. The van der Waals surface area contributed by atoms with Gasteiger partial charge in [0.2, 0.25) is 0 Å². The van der Waals surface area contributed by atoms with Crippen molar-refractivity contribution < 1.29 is 4.74 Å². The molecule has 0 atom stereocenters. The second-order valence-electron chi connectivity index (χ2n) is 20.5. The molecule has 6 aromatic carbocycles. The first kappa shape index (κ1) is 41.0. The molecule has 0 aliphatic carbocycles. The summed E-state index contributed by atoms with van der Waals surface area (Å²) in [6, 6.07) is 46.9. The summed E-state index contributed by atoms with van der Waals surface area (Å²) >= 11 is 0. The molecule has 8 aromatic rings. The van der Waals surface area contributed by atoms with Gasteiger partial charge in [-0.2, -0.15) is 0 Å². The molecule has 314 valence electrons. The number of benzene rings is 6. The monoisotopic (exact) mass is 816 g/mol. The maximum absolute atomic E-state index is 7.07. The third-order valence-corrected chi connectivity index (χ3v) is 12.6. The average molecular weight is 817 g/mol. The van der Waals surface area contributed by atoms with Crippen LogP contribution in [-0.2, 0) is 16.2 Å². The maximum Gasteiger partial charge on any atom is 0.137 e. The fourth-order valence-corrected chi connectivity index (χ4v) is 9.29. The largest absolute Gasteiger partial charge is 0.457 e. The van der Waals surface area contributed by atoms with E-state index in [0.29, 0.717) is 6.67 Å². The van der Waals surface area contributed by atoms with E-state index in [1.807, 2.05) is 6.20 Å². The van der Waals surface area contributed by atoms with Crippen molar-refractivity contribution in [1.29, 1.82) is 0 Å². The van der Waals surface area contributed by atoms with Crippen molar-refractivity contribution >= 4 is 44.6 Å². The van der Waals surface area contributed by atoms with E-state index in [1.54, 1.807) is 0 Å². The summed E-state index contributed by atoms with van der Waals surface area (Å²) in [5.41, 5.74) is 16.8. The lowest BCUT2D eigenvalue weighted by Gasteiger charge is -2.26. The Kier molecular flexibility index (Phi) is 9.89. The molecule has 9 rings (SSSR count). The molecule has 1 aliphatic heterocycles. The first-order valence-electron chi connectivity index (χ1n) is 22.0. The van der Waals surface area contributed by atoms with Crippen molar-refractivity contribution in [1.82, 2.24) is 9.55 Å². The minimum atomic E-state index is -0.0167. The summed E-state index contributed by atoms with van der Waals surface area (Å²) in [4.78, 5) is 9.86. The van der Waals surface area contributed by atoms with Gasteiger partial charge in [-0.15, -0.1) is 0 Å². The van der Waals surface area contributed by atoms with Gasteiger partial charge in [0.25, 0.3) is 0 Å². The number of anilines is 4. The van der Waals surface area contributed by atoms with Crippen molar-refractivity contribution in [3.8, 4) is 28.4 Å². The number of aromatic nitrogens is 2. The number of nitrogens with zero attached hydrogens (tertiary/aromatic N) is 4. The Balaban J connectivity index is 1.21. The summed E-state index contributed by atoms with van der Waals surface area (Å²) in [5.74, 6) is 2.45. The zero-order chi connectivity index (χ0) is 43.9. The molecular weight excluding hydrogens is 757 g/mol. The van der Waals surface area contributed by atoms with Gasteiger partial charge in [0.1, 0.15) is 24.0 Å². The van der Waals surface area contributed by atoms with Crippen molar-refractivity contribution in [2.75, 3.05) is 16.5 Å². The molecule has 0 fully saturated rings. The highest BCUT2D eigenvalue weighted by atomic mass is 16.5. The van der Waals surface area contributed by atoms with Gasteiger partial charge in [-0.05, 0) is 143 Å². The SMILES string of the molecule is Cc1cc(C)c(-c2cc(Oc3ccc4c5ccccc5n(-c5cc(C(C)(C)C)ccn5)c4c3)cc(N3CN(c4cccc(C(C)(C)C)c4)c4ccc(C(C)(C)C)cc43)c2)c(C)c1. The number of pyridine rings is 1. The summed E-state index contributed by atoms with van der Waals surface area (Å²) in [6.07, 6.45) is 1.93. The first-order chi connectivity index (χ1) is 29.3. The van der Waals surface area contributed by atoms with Crippen LogP contribution >= 0.6 is 0 Å². The van der Waals surface area contributed by atoms with Gasteiger partial charge >= 0.3 is 0 Å². The van der Waals surface area contributed by atoms with E-state index in [1.165, 1.54) is 61.4 Å². The lowest BCUT2D eigenvalue weighted by molar-refractivity contribution is 0.483.